The molecular weight excluding hydrogens is 202 g/mol. The minimum Gasteiger partial charge on any atom is -0.468 e. The third kappa shape index (κ3) is 3.48. The highest BCUT2D eigenvalue weighted by atomic mass is 16.5. The summed E-state index contributed by atoms with van der Waals surface area (Å²) in [4.78, 5) is 11.6. The molecule has 1 saturated carbocycles. The SMILES string of the molecule is COC(=O)[C@@H](NC(C)C1CCCC1)C(C)C. The number of esters is 1. The van der Waals surface area contributed by atoms with Gasteiger partial charge in [-0.2, -0.15) is 0 Å². The van der Waals surface area contributed by atoms with E-state index in [1.54, 1.807) is 0 Å². The molecule has 3 heteroatoms. The lowest BCUT2D eigenvalue weighted by Gasteiger charge is -2.27. The average molecular weight is 227 g/mol. The molecular formula is C13H25NO2. The second-order valence-electron chi connectivity index (χ2n) is 5.24. The van der Waals surface area contributed by atoms with E-state index < -0.39 is 0 Å². The average Bonchev–Trinajstić information content (AvgIpc) is 2.77. The Labute approximate surface area is 98.9 Å². The summed E-state index contributed by atoms with van der Waals surface area (Å²) in [6.07, 6.45) is 5.25. The highest BCUT2D eigenvalue weighted by Gasteiger charge is 2.28. The maximum atomic E-state index is 11.6. The van der Waals surface area contributed by atoms with Crippen LogP contribution in [0.3, 0.4) is 0 Å². The first-order valence-electron chi connectivity index (χ1n) is 6.40. The predicted molar refractivity (Wildman–Crippen MR) is 65.2 cm³/mol. The Bertz CT molecular complexity index is 222. The maximum Gasteiger partial charge on any atom is 0.323 e. The van der Waals surface area contributed by atoms with Crippen LogP contribution < -0.4 is 5.32 Å². The van der Waals surface area contributed by atoms with Crippen LogP contribution in [0, 0.1) is 11.8 Å². The van der Waals surface area contributed by atoms with Gasteiger partial charge in [0.15, 0.2) is 0 Å². The van der Waals surface area contributed by atoms with Crippen molar-refractivity contribution in [1.29, 1.82) is 0 Å². The summed E-state index contributed by atoms with van der Waals surface area (Å²) in [5, 5.41) is 3.43. The lowest BCUT2D eigenvalue weighted by Crippen LogP contribution is -2.48. The summed E-state index contributed by atoms with van der Waals surface area (Å²) in [7, 11) is 1.46. The first-order valence-corrected chi connectivity index (χ1v) is 6.40. The van der Waals surface area contributed by atoms with Crippen LogP contribution in [-0.2, 0) is 9.53 Å². The van der Waals surface area contributed by atoms with Crippen molar-refractivity contribution < 1.29 is 9.53 Å². The fraction of sp³-hybridized carbons (Fsp3) is 0.923. The van der Waals surface area contributed by atoms with Gasteiger partial charge in [0.1, 0.15) is 6.04 Å². The standard InChI is InChI=1S/C13H25NO2/c1-9(2)12(13(15)16-4)14-10(3)11-7-5-6-8-11/h9-12,14H,5-8H2,1-4H3/t10?,12-/m0/s1. The summed E-state index contributed by atoms with van der Waals surface area (Å²) in [6.45, 7) is 6.29. The van der Waals surface area contributed by atoms with E-state index in [1.807, 2.05) is 0 Å². The minimum atomic E-state index is -0.166. The molecule has 2 atom stereocenters. The lowest BCUT2D eigenvalue weighted by molar-refractivity contribution is -0.144. The fourth-order valence-electron chi connectivity index (χ4n) is 2.54. The third-order valence-electron chi connectivity index (χ3n) is 3.67. The van der Waals surface area contributed by atoms with Crippen LogP contribution in [0.4, 0.5) is 0 Å². The Hall–Kier alpha value is -0.570. The molecule has 0 saturated heterocycles. The van der Waals surface area contributed by atoms with E-state index in [9.17, 15) is 4.79 Å². The fourth-order valence-corrected chi connectivity index (χ4v) is 2.54. The Morgan fingerprint density at radius 2 is 1.81 bits per heavy atom. The molecule has 0 aromatic heterocycles. The molecule has 0 bridgehead atoms. The summed E-state index contributed by atoms with van der Waals surface area (Å²) in [5.41, 5.74) is 0. The summed E-state index contributed by atoms with van der Waals surface area (Å²) in [6, 6.07) is 0.245. The number of nitrogens with one attached hydrogen (secondary N) is 1. The molecule has 0 aliphatic heterocycles. The zero-order valence-electron chi connectivity index (χ0n) is 11.0. The molecule has 1 aliphatic rings. The van der Waals surface area contributed by atoms with Crippen molar-refractivity contribution in [2.24, 2.45) is 11.8 Å². The van der Waals surface area contributed by atoms with Crippen LogP contribution in [0.2, 0.25) is 0 Å². The van der Waals surface area contributed by atoms with Crippen LogP contribution in [0.5, 0.6) is 0 Å². The van der Waals surface area contributed by atoms with Gasteiger partial charge in [-0.25, -0.2) is 0 Å². The van der Waals surface area contributed by atoms with Crippen molar-refractivity contribution >= 4 is 5.97 Å². The highest BCUT2D eigenvalue weighted by molar-refractivity contribution is 5.75. The number of hydrogen-bond donors (Lipinski definition) is 1. The van der Waals surface area contributed by atoms with E-state index >= 15 is 0 Å². The van der Waals surface area contributed by atoms with E-state index in [0.29, 0.717) is 6.04 Å². The summed E-state index contributed by atoms with van der Waals surface area (Å²) >= 11 is 0. The van der Waals surface area contributed by atoms with E-state index in [1.165, 1.54) is 32.8 Å². The van der Waals surface area contributed by atoms with E-state index in [0.717, 1.165) is 5.92 Å². The van der Waals surface area contributed by atoms with Gasteiger partial charge >= 0.3 is 5.97 Å². The summed E-state index contributed by atoms with van der Waals surface area (Å²) in [5.74, 6) is 0.863. The van der Waals surface area contributed by atoms with E-state index in [2.05, 4.69) is 26.1 Å². The van der Waals surface area contributed by atoms with Crippen LogP contribution in [0.1, 0.15) is 46.5 Å². The minimum absolute atomic E-state index is 0.139. The van der Waals surface area contributed by atoms with Gasteiger partial charge in [0.2, 0.25) is 0 Å². The Morgan fingerprint density at radius 1 is 1.25 bits per heavy atom. The second-order valence-corrected chi connectivity index (χ2v) is 5.24. The van der Waals surface area contributed by atoms with Crippen molar-refractivity contribution in [1.82, 2.24) is 5.32 Å². The largest absolute Gasteiger partial charge is 0.468 e. The van der Waals surface area contributed by atoms with Crippen LogP contribution in [0.15, 0.2) is 0 Å². The number of ether oxygens (including phenoxy) is 1. The van der Waals surface area contributed by atoms with Gasteiger partial charge in [-0.05, 0) is 31.6 Å². The Balaban J connectivity index is 2.50. The van der Waals surface area contributed by atoms with Crippen LogP contribution in [-0.4, -0.2) is 25.2 Å². The molecule has 0 heterocycles. The van der Waals surface area contributed by atoms with Crippen molar-refractivity contribution in [2.45, 2.75) is 58.5 Å². The number of rotatable bonds is 5. The van der Waals surface area contributed by atoms with Crippen LogP contribution >= 0.6 is 0 Å². The van der Waals surface area contributed by atoms with Gasteiger partial charge in [0, 0.05) is 6.04 Å². The van der Waals surface area contributed by atoms with Crippen molar-refractivity contribution in [3.63, 3.8) is 0 Å². The second kappa shape index (κ2) is 6.24. The van der Waals surface area contributed by atoms with Gasteiger partial charge in [-0.15, -0.1) is 0 Å². The lowest BCUT2D eigenvalue weighted by atomic mass is 9.96. The molecule has 1 N–H and O–H groups in total. The van der Waals surface area contributed by atoms with Crippen molar-refractivity contribution in [2.75, 3.05) is 7.11 Å². The molecule has 94 valence electrons. The predicted octanol–water partition coefficient (Wildman–Crippen LogP) is 2.35. The number of hydrogen-bond acceptors (Lipinski definition) is 3. The monoisotopic (exact) mass is 227 g/mol. The summed E-state index contributed by atoms with van der Waals surface area (Å²) < 4.78 is 4.84. The van der Waals surface area contributed by atoms with Crippen molar-refractivity contribution in [3.8, 4) is 0 Å². The molecule has 1 aliphatic carbocycles. The topological polar surface area (TPSA) is 38.3 Å². The van der Waals surface area contributed by atoms with E-state index in [-0.39, 0.29) is 17.9 Å². The third-order valence-corrected chi connectivity index (χ3v) is 3.67. The van der Waals surface area contributed by atoms with Gasteiger partial charge < -0.3 is 10.1 Å². The first kappa shape index (κ1) is 13.5. The zero-order chi connectivity index (χ0) is 12.1. The van der Waals surface area contributed by atoms with Gasteiger partial charge in [-0.3, -0.25) is 4.79 Å². The normalized spacial score (nSPS) is 21.1. The molecule has 0 aromatic rings. The molecule has 1 fully saturated rings. The van der Waals surface area contributed by atoms with E-state index in [4.69, 9.17) is 4.74 Å². The Kier molecular flexibility index (Phi) is 5.26. The van der Waals surface area contributed by atoms with Gasteiger partial charge in [-0.1, -0.05) is 26.7 Å². The molecule has 16 heavy (non-hydrogen) atoms. The maximum absolute atomic E-state index is 11.6. The molecule has 3 nitrogen and oxygen atoms in total. The quantitative estimate of drug-likeness (QED) is 0.733. The molecule has 0 aromatic carbocycles. The smallest absolute Gasteiger partial charge is 0.323 e. The molecule has 1 unspecified atom stereocenters. The number of carbonyl (C=O) groups excluding carboxylic acids is 1. The van der Waals surface area contributed by atoms with Gasteiger partial charge in [0.25, 0.3) is 0 Å². The molecule has 1 rings (SSSR count). The van der Waals surface area contributed by atoms with Gasteiger partial charge in [0.05, 0.1) is 7.11 Å². The van der Waals surface area contributed by atoms with Crippen molar-refractivity contribution in [3.05, 3.63) is 0 Å². The molecule has 0 amide bonds. The number of methoxy groups -OCH3 is 1. The molecule has 0 radical (unpaired) electrons. The highest BCUT2D eigenvalue weighted by Crippen LogP contribution is 2.28. The number of carbonyl (C=O) groups is 1. The van der Waals surface area contributed by atoms with Crippen LogP contribution in [0.25, 0.3) is 0 Å². The zero-order valence-corrected chi connectivity index (χ0v) is 11.0. The first-order chi connectivity index (χ1) is 7.56. The molecule has 0 spiro atoms. The Morgan fingerprint density at radius 3 is 2.25 bits per heavy atom.